The van der Waals surface area contributed by atoms with Gasteiger partial charge in [0.25, 0.3) is 0 Å². The van der Waals surface area contributed by atoms with Gasteiger partial charge in [-0.05, 0) is 34.5 Å². The van der Waals surface area contributed by atoms with E-state index in [0.717, 1.165) is 5.56 Å². The zero-order valence-corrected chi connectivity index (χ0v) is 8.13. The first-order valence-corrected chi connectivity index (χ1v) is 4.22. The van der Waals surface area contributed by atoms with Gasteiger partial charge in [-0.1, -0.05) is 6.07 Å². The van der Waals surface area contributed by atoms with E-state index in [1.54, 1.807) is 6.07 Å². The molecule has 0 radical (unpaired) electrons. The molecule has 0 bridgehead atoms. The monoisotopic (exact) mass is 229 g/mol. The van der Waals surface area contributed by atoms with E-state index in [9.17, 15) is 4.79 Å². The van der Waals surface area contributed by atoms with Crippen LogP contribution in [0, 0.1) is 6.92 Å². The van der Waals surface area contributed by atoms with Crippen molar-refractivity contribution in [2.75, 3.05) is 0 Å². The highest BCUT2D eigenvalue weighted by atomic mass is 79.9. The van der Waals surface area contributed by atoms with E-state index in [-0.39, 0.29) is 6.42 Å². The molecule has 0 spiro atoms. The molecule has 0 aliphatic heterocycles. The molecule has 1 N–H and O–H groups in total. The maximum atomic E-state index is 10.3. The minimum atomic E-state index is -0.863. The van der Waals surface area contributed by atoms with E-state index >= 15 is 0 Å². The minimum Gasteiger partial charge on any atom is -0.481 e. The van der Waals surface area contributed by atoms with Gasteiger partial charge in [-0.25, -0.2) is 4.98 Å². The molecular formula is C8H8BrNO2. The van der Waals surface area contributed by atoms with Crippen molar-refractivity contribution in [3.8, 4) is 0 Å². The summed E-state index contributed by atoms with van der Waals surface area (Å²) in [7, 11) is 0. The van der Waals surface area contributed by atoms with Crippen molar-refractivity contribution in [3.05, 3.63) is 28.0 Å². The average molecular weight is 230 g/mol. The van der Waals surface area contributed by atoms with Crippen LogP contribution >= 0.6 is 15.9 Å². The number of rotatable bonds is 2. The summed E-state index contributed by atoms with van der Waals surface area (Å²) in [4.78, 5) is 14.4. The summed E-state index contributed by atoms with van der Waals surface area (Å²) in [6.45, 7) is 1.90. The Morgan fingerprint density at radius 3 is 2.83 bits per heavy atom. The van der Waals surface area contributed by atoms with Gasteiger partial charge in [0.15, 0.2) is 0 Å². The van der Waals surface area contributed by atoms with Crippen molar-refractivity contribution in [2.24, 2.45) is 0 Å². The molecule has 0 aliphatic carbocycles. The van der Waals surface area contributed by atoms with Crippen LogP contribution in [0.2, 0.25) is 0 Å². The normalized spacial score (nSPS) is 9.83. The van der Waals surface area contributed by atoms with E-state index in [1.165, 1.54) is 0 Å². The molecule has 12 heavy (non-hydrogen) atoms. The Bertz CT molecular complexity index is 312. The Kier molecular flexibility index (Phi) is 2.81. The lowest BCUT2D eigenvalue weighted by molar-refractivity contribution is -0.136. The number of aromatic nitrogens is 1. The van der Waals surface area contributed by atoms with Gasteiger partial charge in [-0.2, -0.15) is 0 Å². The molecule has 0 amide bonds. The van der Waals surface area contributed by atoms with Gasteiger partial charge < -0.3 is 5.11 Å². The van der Waals surface area contributed by atoms with Crippen LogP contribution in [0.25, 0.3) is 0 Å². The molecule has 0 fully saturated rings. The van der Waals surface area contributed by atoms with Crippen LogP contribution in [0.4, 0.5) is 0 Å². The quantitative estimate of drug-likeness (QED) is 0.787. The first-order chi connectivity index (χ1) is 5.59. The van der Waals surface area contributed by atoms with E-state index in [2.05, 4.69) is 20.9 Å². The van der Waals surface area contributed by atoms with E-state index < -0.39 is 5.97 Å². The number of carboxylic acid groups (broad SMARTS) is 1. The Hall–Kier alpha value is -0.900. The molecule has 0 aromatic carbocycles. The smallest absolute Gasteiger partial charge is 0.309 e. The number of carbonyl (C=O) groups is 1. The molecule has 0 saturated carbocycles. The third kappa shape index (κ3) is 2.30. The molecule has 1 heterocycles. The molecule has 0 atom stereocenters. The molecular weight excluding hydrogens is 222 g/mol. The number of carboxylic acids is 1. The highest BCUT2D eigenvalue weighted by Gasteiger charge is 2.03. The van der Waals surface area contributed by atoms with Gasteiger partial charge in [0.1, 0.15) is 4.60 Å². The molecule has 1 aromatic heterocycles. The van der Waals surface area contributed by atoms with Crippen LogP contribution in [0.15, 0.2) is 16.7 Å². The lowest BCUT2D eigenvalue weighted by Crippen LogP contribution is -2.02. The summed E-state index contributed by atoms with van der Waals surface area (Å²) < 4.78 is 0.709. The van der Waals surface area contributed by atoms with Crippen molar-refractivity contribution < 1.29 is 9.90 Å². The zero-order chi connectivity index (χ0) is 9.14. The lowest BCUT2D eigenvalue weighted by atomic mass is 10.2. The maximum Gasteiger partial charge on any atom is 0.309 e. The topological polar surface area (TPSA) is 50.2 Å². The van der Waals surface area contributed by atoms with Crippen LogP contribution in [-0.4, -0.2) is 16.1 Å². The highest BCUT2D eigenvalue weighted by Crippen LogP contribution is 2.13. The Morgan fingerprint density at radius 2 is 2.33 bits per heavy atom. The predicted molar refractivity (Wildman–Crippen MR) is 48.0 cm³/mol. The van der Waals surface area contributed by atoms with Crippen molar-refractivity contribution in [1.29, 1.82) is 0 Å². The number of hydrogen-bond acceptors (Lipinski definition) is 2. The number of pyridine rings is 1. The molecule has 1 rings (SSSR count). The second-order valence-electron chi connectivity index (χ2n) is 2.48. The van der Waals surface area contributed by atoms with E-state index in [4.69, 9.17) is 5.11 Å². The van der Waals surface area contributed by atoms with Gasteiger partial charge in [0.05, 0.1) is 12.1 Å². The molecule has 1 aromatic rings. The third-order valence-corrected chi connectivity index (χ3v) is 2.23. The molecule has 64 valence electrons. The Balaban J connectivity index is 2.89. The van der Waals surface area contributed by atoms with Gasteiger partial charge in [0.2, 0.25) is 0 Å². The minimum absolute atomic E-state index is 0.0289. The van der Waals surface area contributed by atoms with Gasteiger partial charge in [0, 0.05) is 0 Å². The van der Waals surface area contributed by atoms with Crippen molar-refractivity contribution in [1.82, 2.24) is 4.98 Å². The summed E-state index contributed by atoms with van der Waals surface area (Å²) in [5.41, 5.74) is 1.57. The number of halogens is 1. The fraction of sp³-hybridized carbons (Fsp3) is 0.250. The molecule has 0 aliphatic rings. The summed E-state index contributed by atoms with van der Waals surface area (Å²) in [6, 6.07) is 3.56. The van der Waals surface area contributed by atoms with Crippen LogP contribution in [0.1, 0.15) is 11.3 Å². The standard InChI is InChI=1S/C8H8BrNO2/c1-5-2-3-6(4-7(11)12)10-8(5)9/h2-3H,4H2,1H3,(H,11,12). The Labute approximate surface area is 78.6 Å². The van der Waals surface area contributed by atoms with Crippen molar-refractivity contribution in [3.63, 3.8) is 0 Å². The second-order valence-corrected chi connectivity index (χ2v) is 3.23. The number of nitrogens with zero attached hydrogens (tertiary/aromatic N) is 1. The maximum absolute atomic E-state index is 10.3. The van der Waals surface area contributed by atoms with E-state index in [1.807, 2.05) is 13.0 Å². The summed E-state index contributed by atoms with van der Waals surface area (Å²) in [6.07, 6.45) is -0.0289. The van der Waals surface area contributed by atoms with Crippen LogP contribution in [-0.2, 0) is 11.2 Å². The number of aliphatic carboxylic acids is 1. The molecule has 0 unspecified atom stereocenters. The fourth-order valence-corrected chi connectivity index (χ4v) is 1.15. The highest BCUT2D eigenvalue weighted by molar-refractivity contribution is 9.10. The molecule has 3 nitrogen and oxygen atoms in total. The van der Waals surface area contributed by atoms with Gasteiger partial charge >= 0.3 is 5.97 Å². The van der Waals surface area contributed by atoms with Gasteiger partial charge in [-0.15, -0.1) is 0 Å². The van der Waals surface area contributed by atoms with Crippen molar-refractivity contribution >= 4 is 21.9 Å². The van der Waals surface area contributed by atoms with Crippen LogP contribution in [0.3, 0.4) is 0 Å². The summed E-state index contributed by atoms with van der Waals surface area (Å²) in [5.74, 6) is -0.863. The second kappa shape index (κ2) is 3.67. The largest absolute Gasteiger partial charge is 0.481 e. The first-order valence-electron chi connectivity index (χ1n) is 3.43. The third-order valence-electron chi connectivity index (χ3n) is 1.43. The van der Waals surface area contributed by atoms with Crippen LogP contribution < -0.4 is 0 Å². The Morgan fingerprint density at radius 1 is 1.67 bits per heavy atom. The summed E-state index contributed by atoms with van der Waals surface area (Å²) in [5, 5.41) is 8.47. The average Bonchev–Trinajstić information content (AvgIpc) is 1.96. The molecule has 0 saturated heterocycles. The predicted octanol–water partition coefficient (Wildman–Crippen LogP) is 1.78. The number of aryl methyl sites for hydroxylation is 1. The fourth-order valence-electron chi connectivity index (χ4n) is 0.795. The zero-order valence-electron chi connectivity index (χ0n) is 6.54. The van der Waals surface area contributed by atoms with Crippen LogP contribution in [0.5, 0.6) is 0 Å². The van der Waals surface area contributed by atoms with Gasteiger partial charge in [-0.3, -0.25) is 4.79 Å². The SMILES string of the molecule is Cc1ccc(CC(=O)O)nc1Br. The first kappa shape index (κ1) is 9.19. The van der Waals surface area contributed by atoms with Crippen molar-refractivity contribution in [2.45, 2.75) is 13.3 Å². The lowest BCUT2D eigenvalue weighted by Gasteiger charge is -1.99. The molecule has 4 heteroatoms. The van der Waals surface area contributed by atoms with E-state index in [0.29, 0.717) is 10.3 Å². The summed E-state index contributed by atoms with van der Waals surface area (Å²) >= 11 is 3.23. The number of hydrogen-bond donors (Lipinski definition) is 1.